The monoisotopic (exact) mass is 300 g/mol. The molecule has 0 aromatic heterocycles. The van der Waals surface area contributed by atoms with Gasteiger partial charge in [-0.25, -0.2) is 18.3 Å². The average Bonchev–Trinajstić information content (AvgIpc) is 2.44. The van der Waals surface area contributed by atoms with Gasteiger partial charge in [-0.1, -0.05) is 11.6 Å². The Hall–Kier alpha value is -0.830. The van der Waals surface area contributed by atoms with Crippen LogP contribution in [0.1, 0.15) is 17.2 Å². The first-order valence-corrected chi connectivity index (χ1v) is 6.69. The molecule has 4 nitrogen and oxygen atoms in total. The largest absolute Gasteiger partial charge is 0.275 e. The van der Waals surface area contributed by atoms with Crippen LogP contribution in [0.25, 0.3) is 0 Å². The molecule has 1 aliphatic rings. The molecule has 1 unspecified atom stereocenters. The van der Waals surface area contributed by atoms with Crippen LogP contribution in [0.3, 0.4) is 0 Å². The van der Waals surface area contributed by atoms with Crippen molar-refractivity contribution in [3.05, 3.63) is 34.1 Å². The van der Waals surface area contributed by atoms with Gasteiger partial charge in [-0.3, -0.25) is 0 Å². The van der Waals surface area contributed by atoms with Crippen LogP contribution in [0.15, 0.2) is 12.1 Å². The van der Waals surface area contributed by atoms with E-state index in [0.717, 1.165) is 12.1 Å². The van der Waals surface area contributed by atoms with E-state index in [1.54, 1.807) is 4.72 Å². The predicted molar refractivity (Wildman–Crippen MR) is 59.0 cm³/mol. The van der Waals surface area contributed by atoms with E-state index >= 15 is 0 Å². The third-order valence-electron chi connectivity index (χ3n) is 2.65. The number of nitrogens with two attached hydrogens (primary N) is 1. The molecule has 0 spiro atoms. The number of hydrogen-bond acceptors (Lipinski definition) is 2. The Morgan fingerprint density at radius 1 is 1.44 bits per heavy atom. The minimum Gasteiger partial charge on any atom is -0.216 e. The molecule has 0 heterocycles. The first-order chi connectivity index (χ1) is 8.12. The number of rotatable bonds is 2. The van der Waals surface area contributed by atoms with Gasteiger partial charge in [-0.15, -0.1) is 0 Å². The smallest absolute Gasteiger partial charge is 0.216 e. The lowest BCUT2D eigenvalue weighted by atomic mass is 10.1. The molecular formula is C9H8ClF3N2O2S. The van der Waals surface area contributed by atoms with Crippen molar-refractivity contribution in [2.45, 2.75) is 18.4 Å². The maximum Gasteiger partial charge on any atom is 0.275 e. The number of hydrogen-bond donors (Lipinski definition) is 2. The summed E-state index contributed by atoms with van der Waals surface area (Å²) in [6.07, 6.45) is -0.929. The van der Waals surface area contributed by atoms with Crippen LogP contribution in [0.5, 0.6) is 0 Å². The number of nitrogens with one attached hydrogen (secondary N) is 1. The van der Waals surface area contributed by atoms with Crippen molar-refractivity contribution in [3.8, 4) is 0 Å². The topological polar surface area (TPSA) is 72.2 Å². The highest BCUT2D eigenvalue weighted by atomic mass is 35.5. The van der Waals surface area contributed by atoms with Crippen molar-refractivity contribution in [2.24, 2.45) is 5.14 Å². The van der Waals surface area contributed by atoms with Crippen molar-refractivity contribution < 1.29 is 21.6 Å². The highest BCUT2D eigenvalue weighted by molar-refractivity contribution is 7.87. The summed E-state index contributed by atoms with van der Waals surface area (Å²) in [5, 5.41) is 4.54. The van der Waals surface area contributed by atoms with Crippen LogP contribution >= 0.6 is 11.6 Å². The normalized spacial score (nSPS) is 21.9. The van der Waals surface area contributed by atoms with E-state index in [0.29, 0.717) is 0 Å². The fourth-order valence-electron chi connectivity index (χ4n) is 1.96. The molecule has 0 saturated heterocycles. The van der Waals surface area contributed by atoms with E-state index in [9.17, 15) is 21.6 Å². The van der Waals surface area contributed by atoms with Gasteiger partial charge in [0.05, 0.1) is 0 Å². The Labute approximate surface area is 106 Å². The van der Waals surface area contributed by atoms with Gasteiger partial charge in [-0.05, 0) is 12.1 Å². The zero-order chi connectivity index (χ0) is 13.7. The summed E-state index contributed by atoms with van der Waals surface area (Å²) in [5.41, 5.74) is -0.565. The second kappa shape index (κ2) is 4.09. The first-order valence-electron chi connectivity index (χ1n) is 4.76. The number of alkyl halides is 2. The highest BCUT2D eigenvalue weighted by Crippen LogP contribution is 2.47. The minimum atomic E-state index is -4.36. The zero-order valence-corrected chi connectivity index (χ0v) is 10.3. The molecule has 0 fully saturated rings. The van der Waals surface area contributed by atoms with Crippen LogP contribution in [0.4, 0.5) is 13.2 Å². The fraction of sp³-hybridized carbons (Fsp3) is 0.333. The summed E-state index contributed by atoms with van der Waals surface area (Å²) in [6, 6.07) is 0.0941. The molecule has 9 heteroatoms. The number of benzene rings is 1. The van der Waals surface area contributed by atoms with Gasteiger partial charge in [-0.2, -0.15) is 13.1 Å². The molecular weight excluding hydrogens is 293 g/mol. The molecule has 1 aromatic carbocycles. The van der Waals surface area contributed by atoms with Crippen LogP contribution in [0.2, 0.25) is 5.02 Å². The molecule has 100 valence electrons. The maximum atomic E-state index is 13.7. The van der Waals surface area contributed by atoms with Crippen LogP contribution in [-0.4, -0.2) is 14.3 Å². The molecule has 1 aromatic rings. The summed E-state index contributed by atoms with van der Waals surface area (Å²) in [6.45, 7) is 0. The molecule has 1 aliphatic carbocycles. The summed E-state index contributed by atoms with van der Waals surface area (Å²) in [5.74, 6) is -4.34. The Bertz CT molecular complexity index is 606. The lowest BCUT2D eigenvalue weighted by molar-refractivity contribution is -0.0190. The van der Waals surface area contributed by atoms with Crippen LogP contribution < -0.4 is 9.86 Å². The van der Waals surface area contributed by atoms with Gasteiger partial charge in [0, 0.05) is 22.6 Å². The fourth-order valence-corrected chi connectivity index (χ4v) is 2.86. The third kappa shape index (κ3) is 2.33. The van der Waals surface area contributed by atoms with Gasteiger partial charge in [0.2, 0.25) is 0 Å². The van der Waals surface area contributed by atoms with E-state index in [1.807, 2.05) is 0 Å². The van der Waals surface area contributed by atoms with Gasteiger partial charge >= 0.3 is 0 Å². The maximum absolute atomic E-state index is 13.7. The molecule has 18 heavy (non-hydrogen) atoms. The molecule has 0 bridgehead atoms. The van der Waals surface area contributed by atoms with Gasteiger partial charge in [0.1, 0.15) is 11.9 Å². The molecule has 0 radical (unpaired) electrons. The highest BCUT2D eigenvalue weighted by Gasteiger charge is 2.51. The molecule has 0 amide bonds. The van der Waals surface area contributed by atoms with Gasteiger partial charge in [0.25, 0.3) is 16.1 Å². The second-order valence-corrected chi connectivity index (χ2v) is 5.69. The molecule has 3 N–H and O–H groups in total. The summed E-state index contributed by atoms with van der Waals surface area (Å²) < 4.78 is 64.1. The van der Waals surface area contributed by atoms with Gasteiger partial charge in [0.15, 0.2) is 0 Å². The molecule has 2 rings (SSSR count). The average molecular weight is 301 g/mol. The van der Waals surface area contributed by atoms with Crippen molar-refractivity contribution in [1.82, 2.24) is 4.72 Å². The second-order valence-electron chi connectivity index (χ2n) is 3.96. The van der Waals surface area contributed by atoms with E-state index < -0.39 is 34.4 Å². The van der Waals surface area contributed by atoms with Gasteiger partial charge < -0.3 is 0 Å². The number of halogens is 4. The van der Waals surface area contributed by atoms with E-state index in [2.05, 4.69) is 5.14 Å². The van der Waals surface area contributed by atoms with Crippen molar-refractivity contribution in [3.63, 3.8) is 0 Å². The van der Waals surface area contributed by atoms with Crippen LogP contribution in [-0.2, 0) is 16.6 Å². The standard InChI is InChI=1S/C9H8ClF3N2O2S/c10-5-1-2-6(11)4-3-9(12,13)8(7(4)5)15-18(14,16)17/h1-2,8,15H,3H2,(H2,14,16,17). The lowest BCUT2D eigenvalue weighted by Gasteiger charge is -2.20. The summed E-state index contributed by atoms with van der Waals surface area (Å²) in [7, 11) is -4.36. The van der Waals surface area contributed by atoms with E-state index in [1.165, 1.54) is 0 Å². The number of fused-ring (bicyclic) bond motifs is 1. The molecule has 0 aliphatic heterocycles. The van der Waals surface area contributed by atoms with Crippen molar-refractivity contribution in [1.29, 1.82) is 0 Å². The molecule has 0 saturated carbocycles. The molecule has 1 atom stereocenters. The van der Waals surface area contributed by atoms with E-state index in [4.69, 9.17) is 11.6 Å². The third-order valence-corrected chi connectivity index (χ3v) is 3.55. The summed E-state index contributed by atoms with van der Waals surface area (Å²) >= 11 is 5.72. The minimum absolute atomic E-state index is 0.135. The zero-order valence-electron chi connectivity index (χ0n) is 8.75. The Morgan fingerprint density at radius 2 is 2.06 bits per heavy atom. The lowest BCUT2D eigenvalue weighted by Crippen LogP contribution is -2.41. The predicted octanol–water partition coefficient (Wildman–Crippen LogP) is 1.50. The Morgan fingerprint density at radius 3 is 2.61 bits per heavy atom. The first kappa shape index (κ1) is 13.6. The van der Waals surface area contributed by atoms with E-state index in [-0.39, 0.29) is 16.1 Å². The van der Waals surface area contributed by atoms with Crippen molar-refractivity contribution >= 4 is 21.8 Å². The van der Waals surface area contributed by atoms with Crippen LogP contribution in [0, 0.1) is 5.82 Å². The summed E-state index contributed by atoms with van der Waals surface area (Å²) in [4.78, 5) is 0. The Kier molecular flexibility index (Phi) is 3.09. The quantitative estimate of drug-likeness (QED) is 0.869. The SMILES string of the molecule is NS(=O)(=O)NC1c2c(Cl)ccc(F)c2CC1(F)F. The Balaban J connectivity index is 2.58. The van der Waals surface area contributed by atoms with Crippen molar-refractivity contribution in [2.75, 3.05) is 0 Å².